The lowest BCUT2D eigenvalue weighted by Crippen LogP contribution is -2.27. The molecular formula is C15H17N3O2. The van der Waals surface area contributed by atoms with Gasteiger partial charge < -0.3 is 4.74 Å². The van der Waals surface area contributed by atoms with Gasteiger partial charge in [-0.3, -0.25) is 5.32 Å². The van der Waals surface area contributed by atoms with Gasteiger partial charge in [0.05, 0.1) is 5.69 Å². The Morgan fingerprint density at radius 2 is 2.05 bits per heavy atom. The number of ether oxygens (including phenoxy) is 1. The van der Waals surface area contributed by atoms with E-state index in [1.165, 1.54) is 6.33 Å². The Hall–Kier alpha value is -2.43. The number of anilines is 1. The fourth-order valence-electron chi connectivity index (χ4n) is 1.64. The summed E-state index contributed by atoms with van der Waals surface area (Å²) in [7, 11) is 0. The molecule has 104 valence electrons. The summed E-state index contributed by atoms with van der Waals surface area (Å²) in [6.07, 6.45) is 2.69. The highest BCUT2D eigenvalue weighted by Gasteiger charge is 2.16. The van der Waals surface area contributed by atoms with E-state index in [0.717, 1.165) is 11.3 Å². The predicted octanol–water partition coefficient (Wildman–Crippen LogP) is 3.49. The van der Waals surface area contributed by atoms with E-state index in [0.29, 0.717) is 5.69 Å². The molecule has 5 heteroatoms. The van der Waals surface area contributed by atoms with Gasteiger partial charge in [-0.05, 0) is 39.0 Å². The van der Waals surface area contributed by atoms with Crippen molar-refractivity contribution in [3.63, 3.8) is 0 Å². The number of hydrogen-bond acceptors (Lipinski definition) is 4. The summed E-state index contributed by atoms with van der Waals surface area (Å²) in [6, 6.07) is 9.22. The molecule has 2 aromatic rings. The first-order valence-electron chi connectivity index (χ1n) is 6.30. The van der Waals surface area contributed by atoms with Gasteiger partial charge in [-0.1, -0.05) is 12.1 Å². The number of amides is 1. The van der Waals surface area contributed by atoms with Crippen molar-refractivity contribution in [1.82, 2.24) is 9.97 Å². The first-order valence-corrected chi connectivity index (χ1v) is 6.30. The van der Waals surface area contributed by atoms with Crippen LogP contribution in [-0.2, 0) is 4.74 Å². The van der Waals surface area contributed by atoms with Crippen molar-refractivity contribution in [2.75, 3.05) is 5.32 Å². The third-order valence-electron chi connectivity index (χ3n) is 2.39. The molecule has 0 saturated carbocycles. The third kappa shape index (κ3) is 4.05. The average Bonchev–Trinajstić information content (AvgIpc) is 2.38. The van der Waals surface area contributed by atoms with Gasteiger partial charge in [0.15, 0.2) is 0 Å². The molecule has 5 nitrogen and oxygen atoms in total. The Morgan fingerprint density at radius 3 is 2.70 bits per heavy atom. The van der Waals surface area contributed by atoms with E-state index < -0.39 is 11.7 Å². The largest absolute Gasteiger partial charge is 0.444 e. The normalized spacial score (nSPS) is 10.9. The lowest BCUT2D eigenvalue weighted by atomic mass is 10.1. The second kappa shape index (κ2) is 5.69. The van der Waals surface area contributed by atoms with Crippen LogP contribution in [0.1, 0.15) is 20.8 Å². The lowest BCUT2D eigenvalue weighted by Gasteiger charge is -2.19. The number of rotatable bonds is 2. The molecule has 1 heterocycles. The number of carbonyl (C=O) groups is 1. The number of aromatic nitrogens is 2. The molecule has 20 heavy (non-hydrogen) atoms. The van der Waals surface area contributed by atoms with Gasteiger partial charge in [-0.15, -0.1) is 0 Å². The highest BCUT2D eigenvalue weighted by molar-refractivity contribution is 5.86. The van der Waals surface area contributed by atoms with Gasteiger partial charge in [0.2, 0.25) is 0 Å². The van der Waals surface area contributed by atoms with Crippen molar-refractivity contribution in [3.05, 3.63) is 42.9 Å². The van der Waals surface area contributed by atoms with E-state index in [1.807, 2.05) is 45.0 Å². The molecule has 1 N–H and O–H groups in total. The van der Waals surface area contributed by atoms with Crippen LogP contribution < -0.4 is 5.32 Å². The maximum absolute atomic E-state index is 11.7. The van der Waals surface area contributed by atoms with Crippen LogP contribution in [0.15, 0.2) is 42.9 Å². The predicted molar refractivity (Wildman–Crippen MR) is 77.3 cm³/mol. The molecule has 0 aliphatic rings. The molecule has 1 amide bonds. The lowest BCUT2D eigenvalue weighted by molar-refractivity contribution is 0.0636. The van der Waals surface area contributed by atoms with Crippen molar-refractivity contribution in [2.45, 2.75) is 26.4 Å². The molecule has 2 rings (SSSR count). The fraction of sp³-hybridized carbons (Fsp3) is 0.267. The van der Waals surface area contributed by atoms with Crippen LogP contribution in [0.3, 0.4) is 0 Å². The van der Waals surface area contributed by atoms with E-state index >= 15 is 0 Å². The number of benzene rings is 1. The Balaban J connectivity index is 2.13. The Kier molecular flexibility index (Phi) is 3.98. The molecule has 0 aliphatic heterocycles. The first-order chi connectivity index (χ1) is 9.44. The van der Waals surface area contributed by atoms with Crippen molar-refractivity contribution in [1.29, 1.82) is 0 Å². The van der Waals surface area contributed by atoms with Gasteiger partial charge >= 0.3 is 6.09 Å². The molecule has 0 saturated heterocycles. The molecule has 0 unspecified atom stereocenters. The minimum absolute atomic E-state index is 0.475. The second-order valence-electron chi connectivity index (χ2n) is 5.30. The SMILES string of the molecule is CC(C)(C)OC(=O)Nc1cccc(-c2ccncn2)c1. The fourth-order valence-corrected chi connectivity index (χ4v) is 1.64. The zero-order valence-electron chi connectivity index (χ0n) is 11.8. The molecule has 0 atom stereocenters. The first kappa shape index (κ1) is 14.0. The number of hydrogen-bond donors (Lipinski definition) is 1. The van der Waals surface area contributed by atoms with Crippen molar-refractivity contribution in [2.24, 2.45) is 0 Å². The summed E-state index contributed by atoms with van der Waals surface area (Å²) in [5.74, 6) is 0. The molecular weight excluding hydrogens is 254 g/mol. The van der Waals surface area contributed by atoms with Gasteiger partial charge in [-0.25, -0.2) is 14.8 Å². The molecule has 0 bridgehead atoms. The summed E-state index contributed by atoms with van der Waals surface area (Å²) < 4.78 is 5.21. The molecule has 0 aliphatic carbocycles. The van der Waals surface area contributed by atoms with Gasteiger partial charge in [0.1, 0.15) is 11.9 Å². The highest BCUT2D eigenvalue weighted by Crippen LogP contribution is 2.20. The summed E-state index contributed by atoms with van der Waals surface area (Å²) in [5.41, 5.74) is 1.85. The van der Waals surface area contributed by atoms with Crippen molar-refractivity contribution in [3.8, 4) is 11.3 Å². The average molecular weight is 271 g/mol. The maximum Gasteiger partial charge on any atom is 0.412 e. The topological polar surface area (TPSA) is 64.1 Å². The Bertz CT molecular complexity index is 592. The van der Waals surface area contributed by atoms with Gasteiger partial charge in [-0.2, -0.15) is 0 Å². The summed E-state index contributed by atoms with van der Waals surface area (Å²) >= 11 is 0. The maximum atomic E-state index is 11.7. The van der Waals surface area contributed by atoms with E-state index in [2.05, 4.69) is 15.3 Å². The molecule has 1 aromatic carbocycles. The molecule has 0 fully saturated rings. The molecule has 0 spiro atoms. The quantitative estimate of drug-likeness (QED) is 0.908. The zero-order valence-corrected chi connectivity index (χ0v) is 11.8. The number of carbonyl (C=O) groups excluding carboxylic acids is 1. The van der Waals surface area contributed by atoms with Gasteiger partial charge in [0.25, 0.3) is 0 Å². The van der Waals surface area contributed by atoms with Crippen LogP contribution in [0.25, 0.3) is 11.3 Å². The van der Waals surface area contributed by atoms with Crippen LogP contribution in [0.2, 0.25) is 0 Å². The smallest absolute Gasteiger partial charge is 0.412 e. The van der Waals surface area contributed by atoms with Crippen LogP contribution in [0.5, 0.6) is 0 Å². The van der Waals surface area contributed by atoms with E-state index in [1.54, 1.807) is 12.3 Å². The summed E-state index contributed by atoms with van der Waals surface area (Å²) in [5, 5.41) is 2.70. The van der Waals surface area contributed by atoms with E-state index in [-0.39, 0.29) is 0 Å². The zero-order chi connectivity index (χ0) is 14.6. The van der Waals surface area contributed by atoms with Crippen LogP contribution in [-0.4, -0.2) is 21.7 Å². The standard InChI is InChI=1S/C15H17N3O2/c1-15(2,3)20-14(19)18-12-6-4-5-11(9-12)13-7-8-16-10-17-13/h4-10H,1-3H3,(H,18,19). The number of nitrogens with one attached hydrogen (secondary N) is 1. The summed E-state index contributed by atoms with van der Waals surface area (Å²) in [6.45, 7) is 5.47. The highest BCUT2D eigenvalue weighted by atomic mass is 16.6. The van der Waals surface area contributed by atoms with Crippen LogP contribution in [0, 0.1) is 0 Å². The van der Waals surface area contributed by atoms with Crippen molar-refractivity contribution < 1.29 is 9.53 Å². The van der Waals surface area contributed by atoms with Crippen LogP contribution in [0.4, 0.5) is 10.5 Å². The van der Waals surface area contributed by atoms with E-state index in [9.17, 15) is 4.79 Å². The monoisotopic (exact) mass is 271 g/mol. The minimum Gasteiger partial charge on any atom is -0.444 e. The van der Waals surface area contributed by atoms with Crippen molar-refractivity contribution >= 4 is 11.8 Å². The third-order valence-corrected chi connectivity index (χ3v) is 2.39. The molecule has 0 radical (unpaired) electrons. The van der Waals surface area contributed by atoms with Crippen LogP contribution >= 0.6 is 0 Å². The molecule has 1 aromatic heterocycles. The minimum atomic E-state index is -0.519. The van der Waals surface area contributed by atoms with E-state index in [4.69, 9.17) is 4.74 Å². The second-order valence-corrected chi connectivity index (χ2v) is 5.30. The summed E-state index contributed by atoms with van der Waals surface area (Å²) in [4.78, 5) is 19.8. The Labute approximate surface area is 118 Å². The van der Waals surface area contributed by atoms with Gasteiger partial charge in [0, 0.05) is 17.4 Å². The number of nitrogens with zero attached hydrogens (tertiary/aromatic N) is 2. The Morgan fingerprint density at radius 1 is 1.25 bits per heavy atom.